The third-order valence-electron chi connectivity index (χ3n) is 6.12. The Balaban J connectivity index is 1.52. The van der Waals surface area contributed by atoms with Crippen molar-refractivity contribution in [2.45, 2.75) is 70.1 Å². The van der Waals surface area contributed by atoms with Crippen molar-refractivity contribution in [1.82, 2.24) is 4.90 Å². The standard InChI is InChI=1S/C20H31F2N3O/c1-3-26-15-4-8-20(2,9-5-15)25-10-6-14(7-11-25)24-19-13-17(22)16(21)12-18(19)23/h12-15,24H,3-11,23H2,1-2H3. The van der Waals surface area contributed by atoms with Crippen LogP contribution in [0.5, 0.6) is 0 Å². The van der Waals surface area contributed by atoms with Crippen molar-refractivity contribution >= 4 is 11.4 Å². The van der Waals surface area contributed by atoms with E-state index in [2.05, 4.69) is 24.1 Å². The van der Waals surface area contributed by atoms with Gasteiger partial charge in [0.05, 0.1) is 17.5 Å². The molecule has 1 aromatic carbocycles. The Morgan fingerprint density at radius 2 is 1.77 bits per heavy atom. The lowest BCUT2D eigenvalue weighted by Gasteiger charge is -2.48. The van der Waals surface area contributed by atoms with Crippen LogP contribution in [0.1, 0.15) is 52.4 Å². The third kappa shape index (κ3) is 4.29. The predicted octanol–water partition coefficient (Wildman–Crippen LogP) is 4.16. The summed E-state index contributed by atoms with van der Waals surface area (Å²) in [5.74, 6) is -1.77. The van der Waals surface area contributed by atoms with Crippen LogP contribution >= 0.6 is 0 Å². The summed E-state index contributed by atoms with van der Waals surface area (Å²) >= 11 is 0. The van der Waals surface area contributed by atoms with Gasteiger partial charge in [0, 0.05) is 43.4 Å². The Morgan fingerprint density at radius 3 is 2.38 bits per heavy atom. The molecule has 26 heavy (non-hydrogen) atoms. The van der Waals surface area contributed by atoms with Gasteiger partial charge in [0.15, 0.2) is 11.6 Å². The zero-order valence-corrected chi connectivity index (χ0v) is 15.9. The number of hydrogen-bond acceptors (Lipinski definition) is 4. The maximum absolute atomic E-state index is 13.5. The molecule has 3 N–H and O–H groups in total. The van der Waals surface area contributed by atoms with Gasteiger partial charge < -0.3 is 15.8 Å². The monoisotopic (exact) mass is 367 g/mol. The normalized spacial score (nSPS) is 28.2. The number of piperidine rings is 1. The van der Waals surface area contributed by atoms with E-state index in [0.29, 0.717) is 11.8 Å². The van der Waals surface area contributed by atoms with Gasteiger partial charge >= 0.3 is 0 Å². The number of hydrogen-bond donors (Lipinski definition) is 2. The minimum atomic E-state index is -0.904. The van der Waals surface area contributed by atoms with Gasteiger partial charge in [-0.05, 0) is 52.4 Å². The molecule has 0 bridgehead atoms. The maximum atomic E-state index is 13.5. The molecule has 4 nitrogen and oxygen atoms in total. The second-order valence-electron chi connectivity index (χ2n) is 7.91. The van der Waals surface area contributed by atoms with Gasteiger partial charge in [-0.3, -0.25) is 4.90 Å². The number of nitrogens with zero attached hydrogens (tertiary/aromatic N) is 1. The molecule has 2 aliphatic rings. The summed E-state index contributed by atoms with van der Waals surface area (Å²) in [5, 5.41) is 3.30. The predicted molar refractivity (Wildman–Crippen MR) is 101 cm³/mol. The summed E-state index contributed by atoms with van der Waals surface area (Å²) in [6.45, 7) is 7.25. The SMILES string of the molecule is CCOC1CCC(C)(N2CCC(Nc3cc(F)c(F)cc3N)CC2)CC1. The van der Waals surface area contributed by atoms with Gasteiger partial charge in [-0.1, -0.05) is 0 Å². The first kappa shape index (κ1) is 19.4. The molecule has 0 aromatic heterocycles. The maximum Gasteiger partial charge on any atom is 0.161 e. The first-order valence-corrected chi connectivity index (χ1v) is 9.79. The molecule has 1 aliphatic heterocycles. The van der Waals surface area contributed by atoms with E-state index >= 15 is 0 Å². The average molecular weight is 367 g/mol. The lowest BCUT2D eigenvalue weighted by molar-refractivity contribution is -0.0242. The van der Waals surface area contributed by atoms with E-state index in [0.717, 1.165) is 57.5 Å². The highest BCUT2D eigenvalue weighted by Crippen LogP contribution is 2.36. The van der Waals surface area contributed by atoms with Crippen LogP contribution < -0.4 is 11.1 Å². The molecule has 1 aliphatic carbocycles. The summed E-state index contributed by atoms with van der Waals surface area (Å²) in [5.41, 5.74) is 6.82. The van der Waals surface area contributed by atoms with Crippen molar-refractivity contribution in [3.05, 3.63) is 23.8 Å². The van der Waals surface area contributed by atoms with Crippen LogP contribution in [0.15, 0.2) is 12.1 Å². The molecule has 0 radical (unpaired) electrons. The van der Waals surface area contributed by atoms with Crippen molar-refractivity contribution < 1.29 is 13.5 Å². The molecule has 1 heterocycles. The molecule has 0 amide bonds. The van der Waals surface area contributed by atoms with E-state index in [9.17, 15) is 8.78 Å². The molecule has 3 rings (SSSR count). The van der Waals surface area contributed by atoms with Gasteiger partial charge in [0.25, 0.3) is 0 Å². The second-order valence-corrected chi connectivity index (χ2v) is 7.91. The van der Waals surface area contributed by atoms with Gasteiger partial charge in [-0.2, -0.15) is 0 Å². The molecule has 2 fully saturated rings. The number of halogens is 2. The Kier molecular flexibility index (Phi) is 6.03. The zero-order chi connectivity index (χ0) is 18.7. The number of ether oxygens (including phenoxy) is 1. The van der Waals surface area contributed by atoms with Crippen LogP contribution in [0.3, 0.4) is 0 Å². The summed E-state index contributed by atoms with van der Waals surface area (Å²) in [6, 6.07) is 2.44. The van der Waals surface area contributed by atoms with Crippen molar-refractivity contribution in [1.29, 1.82) is 0 Å². The van der Waals surface area contributed by atoms with Gasteiger partial charge in [-0.15, -0.1) is 0 Å². The van der Waals surface area contributed by atoms with Crippen LogP contribution in [0.25, 0.3) is 0 Å². The van der Waals surface area contributed by atoms with Gasteiger partial charge in [0.1, 0.15) is 0 Å². The molecular formula is C20H31F2N3O. The number of anilines is 2. The number of nitrogens with one attached hydrogen (secondary N) is 1. The fraction of sp³-hybridized carbons (Fsp3) is 0.700. The van der Waals surface area contributed by atoms with Crippen molar-refractivity contribution in [2.75, 3.05) is 30.7 Å². The minimum absolute atomic E-state index is 0.238. The fourth-order valence-electron chi connectivity index (χ4n) is 4.40. The molecule has 0 atom stereocenters. The number of rotatable bonds is 5. The summed E-state index contributed by atoms with van der Waals surface area (Å²) in [7, 11) is 0. The minimum Gasteiger partial charge on any atom is -0.397 e. The number of nitrogen functional groups attached to an aromatic ring is 1. The lowest BCUT2D eigenvalue weighted by Crippen LogP contribution is -2.53. The summed E-state index contributed by atoms with van der Waals surface area (Å²) in [4.78, 5) is 2.60. The highest BCUT2D eigenvalue weighted by Gasteiger charge is 2.38. The van der Waals surface area contributed by atoms with Crippen LogP contribution in [-0.2, 0) is 4.74 Å². The van der Waals surface area contributed by atoms with E-state index in [1.807, 2.05) is 0 Å². The number of nitrogens with two attached hydrogens (primary N) is 1. The van der Waals surface area contributed by atoms with Crippen molar-refractivity contribution in [2.24, 2.45) is 0 Å². The van der Waals surface area contributed by atoms with Gasteiger partial charge in [-0.25, -0.2) is 8.78 Å². The van der Waals surface area contributed by atoms with E-state index in [-0.39, 0.29) is 17.3 Å². The topological polar surface area (TPSA) is 50.5 Å². The Hall–Kier alpha value is -1.40. The second kappa shape index (κ2) is 8.09. The molecule has 1 aromatic rings. The van der Waals surface area contributed by atoms with E-state index < -0.39 is 11.6 Å². The molecule has 0 unspecified atom stereocenters. The molecule has 1 saturated carbocycles. The molecule has 1 saturated heterocycles. The molecule has 6 heteroatoms. The molecule has 0 spiro atoms. The first-order chi connectivity index (χ1) is 12.4. The largest absolute Gasteiger partial charge is 0.397 e. The van der Waals surface area contributed by atoms with Crippen LogP contribution in [0, 0.1) is 11.6 Å². The van der Waals surface area contributed by atoms with Crippen molar-refractivity contribution in [3.8, 4) is 0 Å². The van der Waals surface area contributed by atoms with Crippen molar-refractivity contribution in [3.63, 3.8) is 0 Å². The highest BCUT2D eigenvalue weighted by atomic mass is 19.2. The van der Waals surface area contributed by atoms with E-state index in [1.54, 1.807) is 0 Å². The van der Waals surface area contributed by atoms with Crippen LogP contribution in [0.2, 0.25) is 0 Å². The molecular weight excluding hydrogens is 336 g/mol. The zero-order valence-electron chi connectivity index (χ0n) is 15.9. The van der Waals surface area contributed by atoms with Crippen LogP contribution in [-0.4, -0.2) is 42.3 Å². The van der Waals surface area contributed by atoms with Gasteiger partial charge in [0.2, 0.25) is 0 Å². The first-order valence-electron chi connectivity index (χ1n) is 9.79. The molecule has 146 valence electrons. The number of benzene rings is 1. The Labute approximate surface area is 155 Å². The quantitative estimate of drug-likeness (QED) is 0.767. The van der Waals surface area contributed by atoms with E-state index in [4.69, 9.17) is 10.5 Å². The fourth-order valence-corrected chi connectivity index (χ4v) is 4.40. The third-order valence-corrected chi connectivity index (χ3v) is 6.12. The smallest absolute Gasteiger partial charge is 0.161 e. The highest BCUT2D eigenvalue weighted by molar-refractivity contribution is 5.66. The Morgan fingerprint density at radius 1 is 1.15 bits per heavy atom. The summed E-state index contributed by atoms with van der Waals surface area (Å²) < 4.78 is 32.5. The number of likely N-dealkylation sites (tertiary alicyclic amines) is 1. The van der Waals surface area contributed by atoms with E-state index in [1.165, 1.54) is 12.8 Å². The lowest BCUT2D eigenvalue weighted by atomic mass is 9.79. The average Bonchev–Trinajstić information content (AvgIpc) is 2.62. The van der Waals surface area contributed by atoms with Crippen LogP contribution in [0.4, 0.5) is 20.2 Å². The Bertz CT molecular complexity index is 609. The summed E-state index contributed by atoms with van der Waals surface area (Å²) in [6.07, 6.45) is 6.98.